The van der Waals surface area contributed by atoms with E-state index in [4.69, 9.17) is 9.47 Å². The Bertz CT molecular complexity index is 194. The van der Waals surface area contributed by atoms with Crippen LogP contribution in [0.25, 0.3) is 0 Å². The number of hydrogen-bond acceptors (Lipinski definition) is 3. The summed E-state index contributed by atoms with van der Waals surface area (Å²) in [7, 11) is 0. The van der Waals surface area contributed by atoms with Crippen molar-refractivity contribution >= 4 is 5.97 Å². The van der Waals surface area contributed by atoms with E-state index in [0.717, 1.165) is 6.42 Å². The summed E-state index contributed by atoms with van der Waals surface area (Å²) in [5, 5.41) is 0. The third-order valence-electron chi connectivity index (χ3n) is 2.11. The van der Waals surface area contributed by atoms with Gasteiger partial charge in [-0.15, -0.1) is 0 Å². The van der Waals surface area contributed by atoms with Crippen molar-refractivity contribution in [2.45, 2.75) is 40.5 Å². The highest BCUT2D eigenvalue weighted by Gasteiger charge is 2.18. The normalized spacial score (nSPS) is 13.6. The fourth-order valence-electron chi connectivity index (χ4n) is 1.78. The minimum atomic E-state index is -0.135. The minimum Gasteiger partial charge on any atom is -0.463 e. The van der Waals surface area contributed by atoms with Crippen LogP contribution in [0.1, 0.15) is 40.5 Å². The zero-order valence-corrected chi connectivity index (χ0v) is 11.0. The van der Waals surface area contributed by atoms with Gasteiger partial charge in [0.1, 0.15) is 6.61 Å². The molecule has 0 spiro atoms. The van der Waals surface area contributed by atoms with Gasteiger partial charge in [-0.1, -0.05) is 27.7 Å². The van der Waals surface area contributed by atoms with Crippen LogP contribution >= 0.6 is 0 Å². The van der Waals surface area contributed by atoms with E-state index in [1.165, 1.54) is 0 Å². The van der Waals surface area contributed by atoms with Crippen LogP contribution in [0.3, 0.4) is 0 Å². The van der Waals surface area contributed by atoms with Crippen molar-refractivity contribution in [2.24, 2.45) is 11.3 Å². The van der Waals surface area contributed by atoms with Crippen LogP contribution < -0.4 is 0 Å². The maximum atomic E-state index is 11.4. The summed E-state index contributed by atoms with van der Waals surface area (Å²) in [6, 6.07) is 0. The SMILES string of the molecule is [CH2]COCCOC(=O)CC(C)CC(C)(C)C. The molecule has 3 nitrogen and oxygen atoms in total. The van der Waals surface area contributed by atoms with Crippen molar-refractivity contribution in [1.29, 1.82) is 0 Å². The van der Waals surface area contributed by atoms with E-state index in [1.54, 1.807) is 0 Å². The molecular weight excluding hydrogens is 204 g/mol. The molecule has 0 aromatic carbocycles. The molecule has 0 heterocycles. The van der Waals surface area contributed by atoms with Crippen molar-refractivity contribution in [2.75, 3.05) is 19.8 Å². The molecule has 0 bridgehead atoms. The van der Waals surface area contributed by atoms with E-state index in [-0.39, 0.29) is 11.4 Å². The Kier molecular flexibility index (Phi) is 7.39. The molecule has 0 fully saturated rings. The molecule has 0 aromatic rings. The van der Waals surface area contributed by atoms with Gasteiger partial charge in [-0.3, -0.25) is 4.79 Å². The third-order valence-corrected chi connectivity index (χ3v) is 2.11. The third kappa shape index (κ3) is 9.97. The molecule has 0 N–H and O–H groups in total. The minimum absolute atomic E-state index is 0.135. The molecule has 0 saturated heterocycles. The molecule has 0 aliphatic heterocycles. The smallest absolute Gasteiger partial charge is 0.306 e. The van der Waals surface area contributed by atoms with Gasteiger partial charge in [-0.25, -0.2) is 0 Å². The molecule has 0 aliphatic rings. The van der Waals surface area contributed by atoms with Crippen molar-refractivity contribution < 1.29 is 14.3 Å². The topological polar surface area (TPSA) is 35.5 Å². The van der Waals surface area contributed by atoms with Gasteiger partial charge in [0.25, 0.3) is 0 Å². The molecular formula is C13H25O3. The van der Waals surface area contributed by atoms with Crippen molar-refractivity contribution in [1.82, 2.24) is 0 Å². The second kappa shape index (κ2) is 7.66. The van der Waals surface area contributed by atoms with Crippen LogP contribution in [-0.4, -0.2) is 25.8 Å². The Morgan fingerprint density at radius 2 is 1.94 bits per heavy atom. The summed E-state index contributed by atoms with van der Waals surface area (Å²) in [6.45, 7) is 13.3. The summed E-state index contributed by atoms with van der Waals surface area (Å²) < 4.78 is 10.0. The highest BCUT2D eigenvalue weighted by molar-refractivity contribution is 5.69. The van der Waals surface area contributed by atoms with E-state index in [1.807, 2.05) is 0 Å². The van der Waals surface area contributed by atoms with Crippen molar-refractivity contribution in [3.63, 3.8) is 0 Å². The van der Waals surface area contributed by atoms with E-state index in [0.29, 0.717) is 32.2 Å². The zero-order valence-electron chi connectivity index (χ0n) is 11.0. The van der Waals surface area contributed by atoms with E-state index < -0.39 is 0 Å². The van der Waals surface area contributed by atoms with Gasteiger partial charge >= 0.3 is 5.97 Å². The lowest BCUT2D eigenvalue weighted by molar-refractivity contribution is -0.146. The standard InChI is InChI=1S/C13H25O3/c1-6-15-7-8-16-12(14)9-11(2)10-13(3,4)5/h11H,1,6-10H2,2-5H3. The number of carbonyl (C=O) groups excluding carboxylic acids is 1. The first-order chi connectivity index (χ1) is 7.35. The second-order valence-corrected chi connectivity index (χ2v) is 5.41. The molecule has 3 heteroatoms. The number of rotatable bonds is 7. The van der Waals surface area contributed by atoms with Crippen molar-refractivity contribution in [3.05, 3.63) is 6.92 Å². The van der Waals surface area contributed by atoms with Crippen LogP contribution in [0, 0.1) is 18.3 Å². The van der Waals surface area contributed by atoms with Crippen LogP contribution in [-0.2, 0) is 14.3 Å². The van der Waals surface area contributed by atoms with E-state index >= 15 is 0 Å². The molecule has 0 amide bonds. The molecule has 0 aliphatic carbocycles. The van der Waals surface area contributed by atoms with Gasteiger partial charge in [0, 0.05) is 13.0 Å². The largest absolute Gasteiger partial charge is 0.463 e. The predicted molar refractivity (Wildman–Crippen MR) is 65.0 cm³/mol. The average molecular weight is 229 g/mol. The van der Waals surface area contributed by atoms with Gasteiger partial charge in [-0.2, -0.15) is 0 Å². The van der Waals surface area contributed by atoms with Gasteiger partial charge in [-0.05, 0) is 24.7 Å². The predicted octanol–water partition coefficient (Wildman–Crippen LogP) is 2.84. The molecule has 1 unspecified atom stereocenters. The Morgan fingerprint density at radius 1 is 1.31 bits per heavy atom. The van der Waals surface area contributed by atoms with Gasteiger partial charge in [0.15, 0.2) is 0 Å². The second-order valence-electron chi connectivity index (χ2n) is 5.41. The van der Waals surface area contributed by atoms with Crippen LogP contribution in [0.2, 0.25) is 0 Å². The van der Waals surface area contributed by atoms with Crippen LogP contribution in [0.4, 0.5) is 0 Å². The number of hydrogen-bond donors (Lipinski definition) is 0. The molecule has 0 saturated carbocycles. The lowest BCUT2D eigenvalue weighted by Crippen LogP contribution is -2.17. The first kappa shape index (κ1) is 15.4. The van der Waals surface area contributed by atoms with E-state index in [9.17, 15) is 4.79 Å². The Morgan fingerprint density at radius 3 is 2.44 bits per heavy atom. The highest BCUT2D eigenvalue weighted by atomic mass is 16.6. The Labute approximate surface area is 99.5 Å². The fourth-order valence-corrected chi connectivity index (χ4v) is 1.78. The monoisotopic (exact) mass is 229 g/mol. The van der Waals surface area contributed by atoms with Crippen LogP contribution in [0.5, 0.6) is 0 Å². The highest BCUT2D eigenvalue weighted by Crippen LogP contribution is 2.25. The average Bonchev–Trinajstić information content (AvgIpc) is 2.09. The Hall–Kier alpha value is -0.570. The zero-order chi connectivity index (χ0) is 12.6. The van der Waals surface area contributed by atoms with Gasteiger partial charge in [0.05, 0.1) is 6.61 Å². The lowest BCUT2D eigenvalue weighted by Gasteiger charge is -2.22. The molecule has 0 aromatic heterocycles. The number of ether oxygens (including phenoxy) is 2. The maximum Gasteiger partial charge on any atom is 0.306 e. The van der Waals surface area contributed by atoms with Crippen molar-refractivity contribution in [3.8, 4) is 0 Å². The first-order valence-corrected chi connectivity index (χ1v) is 5.88. The first-order valence-electron chi connectivity index (χ1n) is 5.88. The lowest BCUT2D eigenvalue weighted by atomic mass is 9.84. The maximum absolute atomic E-state index is 11.4. The quantitative estimate of drug-likeness (QED) is 0.497. The molecule has 0 rings (SSSR count). The van der Waals surface area contributed by atoms with Crippen LogP contribution in [0.15, 0.2) is 0 Å². The summed E-state index contributed by atoms with van der Waals surface area (Å²) >= 11 is 0. The van der Waals surface area contributed by atoms with E-state index in [2.05, 4.69) is 34.6 Å². The molecule has 1 radical (unpaired) electrons. The Balaban J connectivity index is 3.62. The van der Waals surface area contributed by atoms with Gasteiger partial charge in [0.2, 0.25) is 0 Å². The summed E-state index contributed by atoms with van der Waals surface area (Å²) in [5.74, 6) is 0.227. The molecule has 95 valence electrons. The fraction of sp³-hybridized carbons (Fsp3) is 0.846. The molecule has 16 heavy (non-hydrogen) atoms. The summed E-state index contributed by atoms with van der Waals surface area (Å²) in [4.78, 5) is 11.4. The van der Waals surface area contributed by atoms with Gasteiger partial charge < -0.3 is 9.47 Å². The number of carbonyl (C=O) groups is 1. The summed E-state index contributed by atoms with van der Waals surface area (Å²) in [6.07, 6.45) is 1.51. The number of esters is 1. The summed E-state index contributed by atoms with van der Waals surface area (Å²) in [5.41, 5.74) is 0.261. The molecule has 1 atom stereocenters.